The predicted molar refractivity (Wildman–Crippen MR) is 109 cm³/mol. The summed E-state index contributed by atoms with van der Waals surface area (Å²) in [5.74, 6) is 0.180. The lowest BCUT2D eigenvalue weighted by molar-refractivity contribution is -0.122. The van der Waals surface area contributed by atoms with Crippen LogP contribution in [0.1, 0.15) is 50.2 Å². The number of ether oxygens (including phenoxy) is 1. The van der Waals surface area contributed by atoms with Crippen molar-refractivity contribution in [2.24, 2.45) is 0 Å². The van der Waals surface area contributed by atoms with E-state index in [1.807, 2.05) is 11.8 Å². The number of nitrogens with one attached hydrogen (secondary N) is 1. The van der Waals surface area contributed by atoms with Crippen LogP contribution >= 0.6 is 0 Å². The first-order chi connectivity index (χ1) is 13.5. The molecule has 1 saturated carbocycles. The van der Waals surface area contributed by atoms with Crippen LogP contribution in [0.15, 0.2) is 18.2 Å². The Morgan fingerprint density at radius 3 is 2.75 bits per heavy atom. The first-order valence-corrected chi connectivity index (χ1v) is 10.6. The number of carbonyl (C=O) groups excluding carboxylic acids is 2. The maximum atomic E-state index is 12.9. The lowest BCUT2D eigenvalue weighted by atomic mass is 9.68. The molecule has 1 aromatic rings. The fourth-order valence-corrected chi connectivity index (χ4v) is 5.24. The van der Waals surface area contributed by atoms with E-state index in [1.165, 1.54) is 5.56 Å². The molecular formula is C22H31N3O3. The maximum Gasteiger partial charge on any atom is 0.409 e. The average Bonchev–Trinajstić information content (AvgIpc) is 2.86. The molecule has 6 nitrogen and oxygen atoms in total. The number of hydrogen-bond acceptors (Lipinski definition) is 4. The largest absolute Gasteiger partial charge is 0.450 e. The molecule has 2 aliphatic heterocycles. The minimum atomic E-state index is -0.347. The second-order valence-electron chi connectivity index (χ2n) is 8.34. The molecule has 2 amide bonds. The van der Waals surface area contributed by atoms with Gasteiger partial charge in [0.2, 0.25) is 5.91 Å². The van der Waals surface area contributed by atoms with Gasteiger partial charge in [0.1, 0.15) is 0 Å². The van der Waals surface area contributed by atoms with Crippen LogP contribution in [0, 0.1) is 6.92 Å². The van der Waals surface area contributed by atoms with Crippen LogP contribution in [-0.4, -0.2) is 60.6 Å². The summed E-state index contributed by atoms with van der Waals surface area (Å²) in [6, 6.07) is 6.76. The van der Waals surface area contributed by atoms with Gasteiger partial charge >= 0.3 is 6.09 Å². The van der Waals surface area contributed by atoms with Crippen LogP contribution in [0.5, 0.6) is 0 Å². The highest BCUT2D eigenvalue weighted by atomic mass is 16.6. The summed E-state index contributed by atoms with van der Waals surface area (Å²) in [4.78, 5) is 29.3. The van der Waals surface area contributed by atoms with Gasteiger partial charge in [0.25, 0.3) is 0 Å². The van der Waals surface area contributed by atoms with Gasteiger partial charge in [0, 0.05) is 37.9 Å². The van der Waals surface area contributed by atoms with E-state index < -0.39 is 0 Å². The highest BCUT2D eigenvalue weighted by Gasteiger charge is 2.49. The van der Waals surface area contributed by atoms with Gasteiger partial charge in [-0.15, -0.1) is 0 Å². The van der Waals surface area contributed by atoms with E-state index in [2.05, 4.69) is 35.3 Å². The molecule has 28 heavy (non-hydrogen) atoms. The van der Waals surface area contributed by atoms with Crippen molar-refractivity contribution < 1.29 is 14.3 Å². The third-order valence-corrected chi connectivity index (χ3v) is 6.84. The fraction of sp³-hybridized carbons (Fsp3) is 0.636. The van der Waals surface area contributed by atoms with E-state index in [1.54, 1.807) is 0 Å². The molecule has 1 N–H and O–H groups in total. The highest BCUT2D eigenvalue weighted by molar-refractivity contribution is 6.07. The minimum Gasteiger partial charge on any atom is -0.450 e. The topological polar surface area (TPSA) is 61.9 Å². The number of carbonyl (C=O) groups is 2. The molecule has 152 valence electrons. The van der Waals surface area contributed by atoms with E-state index in [9.17, 15) is 9.59 Å². The first kappa shape index (κ1) is 19.2. The molecule has 1 aromatic carbocycles. The van der Waals surface area contributed by atoms with E-state index >= 15 is 0 Å². The van der Waals surface area contributed by atoms with Crippen molar-refractivity contribution >= 4 is 17.7 Å². The number of amides is 2. The summed E-state index contributed by atoms with van der Waals surface area (Å²) in [6.45, 7) is 7.72. The summed E-state index contributed by atoms with van der Waals surface area (Å²) >= 11 is 0. The van der Waals surface area contributed by atoms with Crippen molar-refractivity contribution in [3.8, 4) is 0 Å². The standard InChI is InChI=1S/C22H31N3O3/c1-3-28-21(27)25-13-5-12-24(14-15-25)17-8-10-22(11-9-17)18-7-4-6-16(2)19(18)23-20(22)26/h4,6-7,17H,3,5,8-15H2,1-2H3,(H,23,26). The number of benzene rings is 1. The van der Waals surface area contributed by atoms with Crippen molar-refractivity contribution in [2.45, 2.75) is 57.4 Å². The molecule has 3 aliphatic rings. The Hall–Kier alpha value is -2.08. The summed E-state index contributed by atoms with van der Waals surface area (Å²) in [5, 5.41) is 3.15. The molecular weight excluding hydrogens is 354 g/mol. The normalized spacial score (nSPS) is 28.0. The summed E-state index contributed by atoms with van der Waals surface area (Å²) in [5.41, 5.74) is 3.03. The molecule has 0 aromatic heterocycles. The van der Waals surface area contributed by atoms with Gasteiger partial charge < -0.3 is 15.0 Å². The van der Waals surface area contributed by atoms with Crippen molar-refractivity contribution in [1.29, 1.82) is 0 Å². The molecule has 2 heterocycles. The molecule has 0 bridgehead atoms. The average molecular weight is 386 g/mol. The minimum absolute atomic E-state index is 0.180. The highest BCUT2D eigenvalue weighted by Crippen LogP contribution is 2.49. The Balaban J connectivity index is 1.41. The van der Waals surface area contributed by atoms with Gasteiger partial charge in [-0.25, -0.2) is 4.79 Å². The quantitative estimate of drug-likeness (QED) is 0.849. The Morgan fingerprint density at radius 2 is 2.00 bits per heavy atom. The lowest BCUT2D eigenvalue weighted by Crippen LogP contribution is -2.46. The fourth-order valence-electron chi connectivity index (χ4n) is 5.24. The third kappa shape index (κ3) is 3.28. The molecule has 0 radical (unpaired) electrons. The number of fused-ring (bicyclic) bond motifs is 2. The zero-order valence-electron chi connectivity index (χ0n) is 17.0. The summed E-state index contributed by atoms with van der Waals surface area (Å²) < 4.78 is 5.16. The van der Waals surface area contributed by atoms with Crippen molar-refractivity contribution in [3.05, 3.63) is 29.3 Å². The maximum absolute atomic E-state index is 12.9. The van der Waals surface area contributed by atoms with Crippen molar-refractivity contribution in [1.82, 2.24) is 9.80 Å². The lowest BCUT2D eigenvalue weighted by Gasteiger charge is -2.40. The van der Waals surface area contributed by atoms with Crippen LogP contribution in [0.2, 0.25) is 0 Å². The van der Waals surface area contributed by atoms with Crippen LogP contribution in [0.3, 0.4) is 0 Å². The second kappa shape index (κ2) is 7.74. The Morgan fingerprint density at radius 1 is 1.21 bits per heavy atom. The second-order valence-corrected chi connectivity index (χ2v) is 8.34. The van der Waals surface area contributed by atoms with E-state index in [-0.39, 0.29) is 17.4 Å². The van der Waals surface area contributed by atoms with Gasteiger partial charge in [-0.3, -0.25) is 9.69 Å². The smallest absolute Gasteiger partial charge is 0.409 e. The van der Waals surface area contributed by atoms with Gasteiger partial charge in [-0.1, -0.05) is 18.2 Å². The van der Waals surface area contributed by atoms with E-state index in [0.717, 1.165) is 69.5 Å². The molecule has 2 fully saturated rings. The van der Waals surface area contributed by atoms with Crippen LogP contribution in [0.25, 0.3) is 0 Å². The SMILES string of the molecule is CCOC(=O)N1CCCN(C2CCC3(CC2)C(=O)Nc2c(C)cccc23)CC1. The Kier molecular flexibility index (Phi) is 5.32. The molecule has 4 rings (SSSR count). The summed E-state index contributed by atoms with van der Waals surface area (Å²) in [7, 11) is 0. The number of hydrogen-bond donors (Lipinski definition) is 1. The number of anilines is 1. The molecule has 0 atom stereocenters. The van der Waals surface area contributed by atoms with Gasteiger partial charge in [-0.05, 0) is 57.1 Å². The van der Waals surface area contributed by atoms with Crippen molar-refractivity contribution in [3.63, 3.8) is 0 Å². The van der Waals surface area contributed by atoms with Gasteiger partial charge in [0.15, 0.2) is 0 Å². The van der Waals surface area contributed by atoms with Crippen LogP contribution < -0.4 is 5.32 Å². The molecule has 1 saturated heterocycles. The summed E-state index contributed by atoms with van der Waals surface area (Å²) in [6.07, 6.45) is 4.64. The third-order valence-electron chi connectivity index (χ3n) is 6.84. The number of nitrogens with zero attached hydrogens (tertiary/aromatic N) is 2. The molecule has 0 unspecified atom stereocenters. The predicted octanol–water partition coefficient (Wildman–Crippen LogP) is 3.29. The first-order valence-electron chi connectivity index (χ1n) is 10.6. The number of aryl methyl sites for hydroxylation is 1. The zero-order chi connectivity index (χ0) is 19.7. The van der Waals surface area contributed by atoms with E-state index in [0.29, 0.717) is 12.6 Å². The molecule has 1 spiro atoms. The van der Waals surface area contributed by atoms with Crippen LogP contribution in [0.4, 0.5) is 10.5 Å². The zero-order valence-corrected chi connectivity index (χ0v) is 17.0. The molecule has 1 aliphatic carbocycles. The monoisotopic (exact) mass is 385 g/mol. The van der Waals surface area contributed by atoms with Gasteiger partial charge in [-0.2, -0.15) is 0 Å². The number of para-hydroxylation sites is 1. The molecule has 6 heteroatoms. The van der Waals surface area contributed by atoms with Gasteiger partial charge in [0.05, 0.1) is 12.0 Å². The van der Waals surface area contributed by atoms with Crippen LogP contribution in [-0.2, 0) is 14.9 Å². The van der Waals surface area contributed by atoms with Crippen molar-refractivity contribution in [2.75, 3.05) is 38.1 Å². The van der Waals surface area contributed by atoms with E-state index in [4.69, 9.17) is 4.74 Å². The Labute approximate surface area is 167 Å². The number of rotatable bonds is 2. The Bertz CT molecular complexity index is 755.